The first-order valence-corrected chi connectivity index (χ1v) is 19.7. The molecule has 0 heterocycles. The molecule has 0 aromatic heterocycles. The maximum absolute atomic E-state index is 12.3. The summed E-state index contributed by atoms with van der Waals surface area (Å²) in [5.41, 5.74) is 0. The van der Waals surface area contributed by atoms with Gasteiger partial charge in [-0.15, -0.1) is 0 Å². The molecule has 4 heteroatoms. The number of carbonyl (C=O) groups is 1. The van der Waals surface area contributed by atoms with Gasteiger partial charge in [0.05, 0.1) is 18.8 Å². The summed E-state index contributed by atoms with van der Waals surface area (Å²) in [4.78, 5) is 12.3. The van der Waals surface area contributed by atoms with Gasteiger partial charge in [-0.05, 0) is 12.8 Å². The van der Waals surface area contributed by atoms with E-state index in [0.717, 1.165) is 25.7 Å². The number of aliphatic hydroxyl groups is 2. The minimum Gasteiger partial charge on any atom is -0.394 e. The molecule has 0 bridgehead atoms. The number of hydrogen-bond donors (Lipinski definition) is 3. The summed E-state index contributed by atoms with van der Waals surface area (Å²) in [5, 5.41) is 22.9. The lowest BCUT2D eigenvalue weighted by Crippen LogP contribution is -2.45. The quantitative estimate of drug-likeness (QED) is 0.0619. The molecule has 0 aromatic rings. The third-order valence-corrected chi connectivity index (χ3v) is 9.37. The van der Waals surface area contributed by atoms with E-state index >= 15 is 0 Å². The van der Waals surface area contributed by atoms with Gasteiger partial charge in [-0.1, -0.05) is 206 Å². The van der Waals surface area contributed by atoms with Gasteiger partial charge in [0.2, 0.25) is 5.91 Å². The Morgan fingerprint density at radius 3 is 1.05 bits per heavy atom. The number of aliphatic hydroxyl groups excluding tert-OH is 2. The summed E-state index contributed by atoms with van der Waals surface area (Å²) < 4.78 is 0. The van der Waals surface area contributed by atoms with Crippen molar-refractivity contribution >= 4 is 5.91 Å². The monoisotopic (exact) mass is 610 g/mol. The summed E-state index contributed by atoms with van der Waals surface area (Å²) >= 11 is 0. The van der Waals surface area contributed by atoms with Crippen molar-refractivity contribution in [1.82, 2.24) is 5.32 Å². The van der Waals surface area contributed by atoms with Crippen molar-refractivity contribution < 1.29 is 15.0 Å². The Bertz CT molecular complexity index is 541. The van der Waals surface area contributed by atoms with Crippen LogP contribution in [0.4, 0.5) is 0 Å². The number of rotatable bonds is 36. The van der Waals surface area contributed by atoms with Gasteiger partial charge >= 0.3 is 0 Å². The summed E-state index contributed by atoms with van der Waals surface area (Å²) in [5.74, 6) is -0.0301. The molecule has 0 aliphatic carbocycles. The van der Waals surface area contributed by atoms with Crippen LogP contribution in [-0.2, 0) is 4.79 Å². The molecule has 0 fully saturated rings. The number of unbranched alkanes of at least 4 members (excludes halogenated alkanes) is 29. The molecular formula is C39H79NO3. The lowest BCUT2D eigenvalue weighted by atomic mass is 10.0. The zero-order valence-corrected chi connectivity index (χ0v) is 29.5. The molecule has 2 atom stereocenters. The first-order chi connectivity index (χ1) is 21.2. The van der Waals surface area contributed by atoms with Crippen molar-refractivity contribution in [2.24, 2.45) is 0 Å². The second-order valence-corrected chi connectivity index (χ2v) is 13.7. The molecule has 0 aliphatic heterocycles. The van der Waals surface area contributed by atoms with Gasteiger partial charge in [0.15, 0.2) is 0 Å². The highest BCUT2D eigenvalue weighted by Crippen LogP contribution is 2.16. The van der Waals surface area contributed by atoms with Crippen molar-refractivity contribution in [3.05, 3.63) is 0 Å². The first kappa shape index (κ1) is 42.4. The minimum absolute atomic E-state index is 0.0301. The lowest BCUT2D eigenvalue weighted by molar-refractivity contribution is -0.123. The van der Waals surface area contributed by atoms with Gasteiger partial charge in [0.1, 0.15) is 0 Å². The molecule has 3 N–H and O–H groups in total. The van der Waals surface area contributed by atoms with E-state index in [-0.39, 0.29) is 12.5 Å². The van der Waals surface area contributed by atoms with Gasteiger partial charge in [0, 0.05) is 6.42 Å². The summed E-state index contributed by atoms with van der Waals surface area (Å²) in [6.45, 7) is 4.34. The van der Waals surface area contributed by atoms with Crippen LogP contribution in [0.2, 0.25) is 0 Å². The maximum Gasteiger partial charge on any atom is 0.220 e. The molecule has 0 radical (unpaired) electrons. The molecule has 0 aromatic carbocycles. The fourth-order valence-electron chi connectivity index (χ4n) is 6.30. The first-order valence-electron chi connectivity index (χ1n) is 19.7. The van der Waals surface area contributed by atoms with Crippen molar-refractivity contribution in [2.45, 2.75) is 238 Å². The van der Waals surface area contributed by atoms with Gasteiger partial charge in [-0.3, -0.25) is 4.79 Å². The Hall–Kier alpha value is -0.610. The molecule has 0 rings (SSSR count). The van der Waals surface area contributed by atoms with Crippen LogP contribution in [0.3, 0.4) is 0 Å². The van der Waals surface area contributed by atoms with E-state index in [1.807, 2.05) is 0 Å². The largest absolute Gasteiger partial charge is 0.394 e. The molecule has 0 spiro atoms. The van der Waals surface area contributed by atoms with Crippen LogP contribution in [0, 0.1) is 0 Å². The zero-order valence-electron chi connectivity index (χ0n) is 29.5. The SMILES string of the molecule is CCCCCCCCCCCCCCCCCCCCCCCCCC(=O)NC(CO)C(O)CCCCCCCCCC. The highest BCUT2D eigenvalue weighted by molar-refractivity contribution is 5.76. The predicted octanol–water partition coefficient (Wildman–Crippen LogP) is 11.7. The van der Waals surface area contributed by atoms with E-state index in [0.29, 0.717) is 12.8 Å². The molecule has 0 saturated heterocycles. The normalized spacial score (nSPS) is 12.9. The Labute approximate surface area is 270 Å². The van der Waals surface area contributed by atoms with Crippen LogP contribution in [0.1, 0.15) is 226 Å². The summed E-state index contributed by atoms with van der Waals surface area (Å²) in [7, 11) is 0. The highest BCUT2D eigenvalue weighted by Gasteiger charge is 2.19. The van der Waals surface area contributed by atoms with E-state index in [4.69, 9.17) is 0 Å². The third kappa shape index (κ3) is 32.6. The average Bonchev–Trinajstić information content (AvgIpc) is 3.01. The smallest absolute Gasteiger partial charge is 0.220 e. The van der Waals surface area contributed by atoms with Crippen LogP contribution >= 0.6 is 0 Å². The number of hydrogen-bond acceptors (Lipinski definition) is 3. The molecule has 1 amide bonds. The maximum atomic E-state index is 12.3. The van der Waals surface area contributed by atoms with Crippen molar-refractivity contribution in [3.8, 4) is 0 Å². The lowest BCUT2D eigenvalue weighted by Gasteiger charge is -2.22. The van der Waals surface area contributed by atoms with Gasteiger partial charge in [0.25, 0.3) is 0 Å². The van der Waals surface area contributed by atoms with E-state index in [9.17, 15) is 15.0 Å². The molecule has 2 unspecified atom stereocenters. The third-order valence-electron chi connectivity index (χ3n) is 9.37. The molecule has 0 saturated carbocycles. The second kappa shape index (κ2) is 35.9. The fraction of sp³-hybridized carbons (Fsp3) is 0.974. The van der Waals surface area contributed by atoms with Crippen molar-refractivity contribution in [3.63, 3.8) is 0 Å². The number of amides is 1. The van der Waals surface area contributed by atoms with E-state index < -0.39 is 12.1 Å². The van der Waals surface area contributed by atoms with Crippen molar-refractivity contribution in [2.75, 3.05) is 6.61 Å². The zero-order chi connectivity index (χ0) is 31.5. The molecule has 43 heavy (non-hydrogen) atoms. The minimum atomic E-state index is -0.650. The molecular weight excluding hydrogens is 530 g/mol. The number of carbonyl (C=O) groups excluding carboxylic acids is 1. The van der Waals surface area contributed by atoms with Gasteiger partial charge < -0.3 is 15.5 Å². The Morgan fingerprint density at radius 1 is 0.465 bits per heavy atom. The van der Waals surface area contributed by atoms with Crippen LogP contribution in [0.5, 0.6) is 0 Å². The molecule has 258 valence electrons. The van der Waals surface area contributed by atoms with E-state index in [1.165, 1.54) is 173 Å². The van der Waals surface area contributed by atoms with E-state index in [2.05, 4.69) is 19.2 Å². The van der Waals surface area contributed by atoms with Gasteiger partial charge in [-0.2, -0.15) is 0 Å². The predicted molar refractivity (Wildman–Crippen MR) is 189 cm³/mol. The van der Waals surface area contributed by atoms with E-state index in [1.54, 1.807) is 0 Å². The summed E-state index contributed by atoms with van der Waals surface area (Å²) in [6, 6.07) is -0.526. The Morgan fingerprint density at radius 2 is 0.744 bits per heavy atom. The topological polar surface area (TPSA) is 69.6 Å². The average molecular weight is 610 g/mol. The number of nitrogens with one attached hydrogen (secondary N) is 1. The molecule has 4 nitrogen and oxygen atoms in total. The standard InChI is InChI=1S/C39H79NO3/c1-3-5-7-9-11-13-14-15-16-17-18-19-20-21-22-23-24-25-26-27-29-31-33-35-39(43)40-37(36-41)38(42)34-32-30-28-12-10-8-6-4-2/h37-38,41-42H,3-36H2,1-2H3,(H,40,43). The van der Waals surface area contributed by atoms with Crippen molar-refractivity contribution in [1.29, 1.82) is 0 Å². The van der Waals surface area contributed by atoms with Crippen LogP contribution in [0.15, 0.2) is 0 Å². The van der Waals surface area contributed by atoms with Crippen LogP contribution in [0.25, 0.3) is 0 Å². The van der Waals surface area contributed by atoms with Gasteiger partial charge in [-0.25, -0.2) is 0 Å². The molecule has 0 aliphatic rings. The Balaban J connectivity index is 3.40. The summed E-state index contributed by atoms with van der Waals surface area (Å²) in [6.07, 6.45) is 41.8. The highest BCUT2D eigenvalue weighted by atomic mass is 16.3. The Kier molecular flexibility index (Phi) is 35.4. The second-order valence-electron chi connectivity index (χ2n) is 13.7. The van der Waals surface area contributed by atoms with Crippen LogP contribution < -0.4 is 5.32 Å². The van der Waals surface area contributed by atoms with Crippen LogP contribution in [-0.4, -0.2) is 34.9 Å². The fourth-order valence-corrected chi connectivity index (χ4v) is 6.30.